The van der Waals surface area contributed by atoms with Crippen molar-refractivity contribution in [1.82, 2.24) is 29.2 Å². The number of benzene rings is 2. The number of rotatable bonds is 9. The van der Waals surface area contributed by atoms with Crippen molar-refractivity contribution in [2.24, 2.45) is 0 Å². The molecule has 1 atom stereocenters. The largest absolute Gasteiger partial charge is 0.334 e. The zero-order chi connectivity index (χ0) is 29.5. The number of aryl methyl sites for hydroxylation is 1. The minimum Gasteiger partial charge on any atom is -0.334 e. The van der Waals surface area contributed by atoms with E-state index in [0.29, 0.717) is 21.5 Å². The Morgan fingerprint density at radius 1 is 1.14 bits per heavy atom. The number of nitrogens with one attached hydrogen (secondary N) is 1. The number of aromatic nitrogens is 5. The van der Waals surface area contributed by atoms with Gasteiger partial charge in [0.2, 0.25) is 0 Å². The molecular formula is C33H35Cl2N7S. The molecule has 1 N–H and O–H groups in total. The Morgan fingerprint density at radius 2 is 1.95 bits per heavy atom. The third kappa shape index (κ3) is 5.50. The molecule has 0 radical (unpaired) electrons. The number of fused-ring (bicyclic) bond motifs is 2. The van der Waals surface area contributed by atoms with Crippen LogP contribution >= 0.6 is 34.5 Å². The van der Waals surface area contributed by atoms with E-state index in [1.165, 1.54) is 61.5 Å². The summed E-state index contributed by atoms with van der Waals surface area (Å²) in [5.74, 6) is 0.604. The van der Waals surface area contributed by atoms with Crippen molar-refractivity contribution in [3.05, 3.63) is 93.7 Å². The molecule has 2 aliphatic heterocycles. The summed E-state index contributed by atoms with van der Waals surface area (Å²) in [6.07, 6.45) is 11.4. The average molecular weight is 633 g/mol. The molecule has 10 heteroatoms. The second-order valence-electron chi connectivity index (χ2n) is 11.6. The van der Waals surface area contributed by atoms with Crippen LogP contribution in [0.3, 0.4) is 0 Å². The standard InChI is InChI=1S/C33H35Cl2N7S/c1-3-13-40-15-10-23(11-16-40)22-6-8-24(9-7-22)25-18-27(34)26-19-42(39-30(26)29(25)35)32(21(2)38-33-36-12-17-43-33)31-28-5-4-14-41(28)20-37-31/h6-9,12,17-20,23,32H,2-5,10-11,13-16H2,1H3,(H,36,38). The highest BCUT2D eigenvalue weighted by molar-refractivity contribution is 7.13. The number of hydrogen-bond acceptors (Lipinski definition) is 6. The van der Waals surface area contributed by atoms with E-state index in [1.807, 2.05) is 28.7 Å². The summed E-state index contributed by atoms with van der Waals surface area (Å²) in [7, 11) is 0. The van der Waals surface area contributed by atoms with Gasteiger partial charge in [0.1, 0.15) is 11.6 Å². The number of allylic oxidation sites excluding steroid dienone is 1. The van der Waals surface area contributed by atoms with Crippen molar-refractivity contribution in [2.45, 2.75) is 57.5 Å². The number of likely N-dealkylation sites (tertiary alicyclic amines) is 1. The number of nitrogens with zero attached hydrogens (tertiary/aromatic N) is 6. The third-order valence-corrected chi connectivity index (χ3v) is 10.3. The molecule has 7 rings (SSSR count). The van der Waals surface area contributed by atoms with Gasteiger partial charge in [-0.05, 0) is 74.8 Å². The van der Waals surface area contributed by atoms with E-state index in [0.717, 1.165) is 52.4 Å². The summed E-state index contributed by atoms with van der Waals surface area (Å²) in [6, 6.07) is 10.5. The van der Waals surface area contributed by atoms with Crippen molar-refractivity contribution >= 4 is 50.6 Å². The highest BCUT2D eigenvalue weighted by atomic mass is 35.5. The monoisotopic (exact) mass is 631 g/mol. The van der Waals surface area contributed by atoms with Crippen LogP contribution in [0.25, 0.3) is 22.0 Å². The Kier molecular flexibility index (Phi) is 8.03. The minimum absolute atomic E-state index is 0.357. The molecular weight excluding hydrogens is 597 g/mol. The first kappa shape index (κ1) is 28.6. The van der Waals surface area contributed by atoms with E-state index in [-0.39, 0.29) is 6.04 Å². The van der Waals surface area contributed by atoms with Crippen molar-refractivity contribution in [1.29, 1.82) is 0 Å². The fourth-order valence-corrected chi connectivity index (χ4v) is 7.79. The summed E-state index contributed by atoms with van der Waals surface area (Å²) in [4.78, 5) is 11.8. The van der Waals surface area contributed by atoms with Gasteiger partial charge in [-0.3, -0.25) is 4.68 Å². The summed E-state index contributed by atoms with van der Waals surface area (Å²) in [5, 5.41) is 13.1. The molecule has 43 heavy (non-hydrogen) atoms. The van der Waals surface area contributed by atoms with Crippen LogP contribution in [0.1, 0.15) is 61.5 Å². The van der Waals surface area contributed by atoms with Gasteiger partial charge in [-0.25, -0.2) is 9.97 Å². The van der Waals surface area contributed by atoms with Crippen molar-refractivity contribution in [3.8, 4) is 11.1 Å². The van der Waals surface area contributed by atoms with Gasteiger partial charge in [-0.1, -0.05) is 61.0 Å². The Morgan fingerprint density at radius 3 is 2.70 bits per heavy atom. The number of imidazole rings is 1. The molecule has 1 saturated heterocycles. The SMILES string of the molecule is C=C(Nc1nccs1)C(c1ncn2c1CCC2)n1cc2c(Cl)cc(-c3ccc(C4CCN(CCC)CC4)cc3)c(Cl)c2n1. The molecule has 7 nitrogen and oxygen atoms in total. The number of halogens is 2. The fraction of sp³-hybridized carbons (Fsp3) is 0.364. The van der Waals surface area contributed by atoms with Crippen molar-refractivity contribution < 1.29 is 0 Å². The molecule has 0 saturated carbocycles. The van der Waals surface area contributed by atoms with Crippen LogP contribution in [0.4, 0.5) is 5.13 Å². The number of hydrogen-bond donors (Lipinski definition) is 1. The zero-order valence-corrected chi connectivity index (χ0v) is 26.6. The van der Waals surface area contributed by atoms with Gasteiger partial charge in [0, 0.05) is 46.7 Å². The molecule has 2 aromatic carbocycles. The molecule has 0 spiro atoms. The summed E-state index contributed by atoms with van der Waals surface area (Å²) in [6.45, 7) is 11.2. The van der Waals surface area contributed by atoms with Gasteiger partial charge in [0.15, 0.2) is 5.13 Å². The Labute approximate surface area is 266 Å². The van der Waals surface area contributed by atoms with Crippen molar-refractivity contribution in [3.63, 3.8) is 0 Å². The number of anilines is 1. The lowest BCUT2D eigenvalue weighted by atomic mass is 9.88. The van der Waals surface area contributed by atoms with E-state index in [9.17, 15) is 0 Å². The highest BCUT2D eigenvalue weighted by Crippen LogP contribution is 2.41. The van der Waals surface area contributed by atoms with E-state index < -0.39 is 0 Å². The lowest BCUT2D eigenvalue weighted by Crippen LogP contribution is -2.33. The Hall–Kier alpha value is -3.17. The maximum absolute atomic E-state index is 7.11. The summed E-state index contributed by atoms with van der Waals surface area (Å²) in [5.41, 5.74) is 6.86. The van der Waals surface area contributed by atoms with Crippen LogP contribution < -0.4 is 5.32 Å². The van der Waals surface area contributed by atoms with E-state index in [1.54, 1.807) is 6.20 Å². The molecule has 0 amide bonds. The molecule has 2 aliphatic rings. The van der Waals surface area contributed by atoms with E-state index in [2.05, 4.69) is 57.5 Å². The average Bonchev–Trinajstić information content (AvgIpc) is 3.83. The molecule has 0 aliphatic carbocycles. The first-order chi connectivity index (χ1) is 21.0. The van der Waals surface area contributed by atoms with Gasteiger partial charge in [-0.15, -0.1) is 11.3 Å². The highest BCUT2D eigenvalue weighted by Gasteiger charge is 2.29. The topological polar surface area (TPSA) is 63.8 Å². The number of piperidine rings is 1. The van der Waals surface area contributed by atoms with Crippen LogP contribution in [0.2, 0.25) is 10.0 Å². The van der Waals surface area contributed by atoms with E-state index >= 15 is 0 Å². The second kappa shape index (κ2) is 12.1. The fourth-order valence-electron chi connectivity index (χ4n) is 6.68. The van der Waals surface area contributed by atoms with Gasteiger partial charge < -0.3 is 14.8 Å². The maximum Gasteiger partial charge on any atom is 0.186 e. The molecule has 1 unspecified atom stereocenters. The molecule has 1 fully saturated rings. The third-order valence-electron chi connectivity index (χ3n) is 8.87. The Balaban J connectivity index is 1.21. The molecule has 0 bridgehead atoms. The van der Waals surface area contributed by atoms with Crippen molar-refractivity contribution in [2.75, 3.05) is 25.0 Å². The van der Waals surface area contributed by atoms with Gasteiger partial charge in [0.25, 0.3) is 0 Å². The van der Waals surface area contributed by atoms with Crippen LogP contribution in [-0.4, -0.2) is 48.8 Å². The first-order valence-electron chi connectivity index (χ1n) is 15.1. The van der Waals surface area contributed by atoms with Crippen LogP contribution in [-0.2, 0) is 13.0 Å². The summed E-state index contributed by atoms with van der Waals surface area (Å²) < 4.78 is 4.11. The normalized spacial score (nSPS) is 16.5. The number of thiazole rings is 1. The molecule has 5 heterocycles. The predicted octanol–water partition coefficient (Wildman–Crippen LogP) is 8.41. The minimum atomic E-state index is -0.357. The maximum atomic E-state index is 7.11. The van der Waals surface area contributed by atoms with E-state index in [4.69, 9.17) is 33.3 Å². The lowest BCUT2D eigenvalue weighted by molar-refractivity contribution is 0.213. The van der Waals surface area contributed by atoms with Gasteiger partial charge >= 0.3 is 0 Å². The van der Waals surface area contributed by atoms with Gasteiger partial charge in [0.05, 0.1) is 22.1 Å². The molecule has 5 aromatic rings. The predicted molar refractivity (Wildman–Crippen MR) is 177 cm³/mol. The summed E-state index contributed by atoms with van der Waals surface area (Å²) >= 11 is 15.6. The van der Waals surface area contributed by atoms with Gasteiger partial charge in [-0.2, -0.15) is 5.10 Å². The smallest absolute Gasteiger partial charge is 0.186 e. The molecule has 222 valence electrons. The van der Waals surface area contributed by atoms with Crippen LogP contribution in [0.15, 0.2) is 66.7 Å². The quantitative estimate of drug-likeness (QED) is 0.177. The van der Waals surface area contributed by atoms with Crippen LogP contribution in [0, 0.1) is 0 Å². The Bertz CT molecular complexity index is 1750. The second-order valence-corrected chi connectivity index (χ2v) is 13.3. The lowest BCUT2D eigenvalue weighted by Gasteiger charge is -2.32. The first-order valence-corrected chi connectivity index (χ1v) is 16.7. The molecule has 3 aromatic heterocycles. The van der Waals surface area contributed by atoms with Crippen LogP contribution in [0.5, 0.6) is 0 Å². The zero-order valence-electron chi connectivity index (χ0n) is 24.3.